The average molecular weight is 888 g/mol. The maximum Gasteiger partial charge on any atom is 0.407 e. The molecule has 0 radical (unpaired) electrons. The number of halogens is 1. The first-order valence-electron chi connectivity index (χ1n) is 22.6. The molecule has 10 rings (SSSR count). The Labute approximate surface area is 377 Å². The molecule has 5 fully saturated rings. The zero-order chi connectivity index (χ0) is 44.4. The first-order valence-corrected chi connectivity index (χ1v) is 22.9. The maximum atomic E-state index is 14.3. The molecule has 3 aromatic carbocycles. The van der Waals surface area contributed by atoms with Crippen LogP contribution in [0.2, 0.25) is 0 Å². The second-order valence-electron chi connectivity index (χ2n) is 18.6. The lowest BCUT2D eigenvalue weighted by Crippen LogP contribution is -2.56. The highest BCUT2D eigenvalue weighted by Gasteiger charge is 2.58. The van der Waals surface area contributed by atoms with Crippen LogP contribution in [-0.2, 0) is 23.8 Å². The van der Waals surface area contributed by atoms with E-state index in [0.717, 1.165) is 81.5 Å². The zero-order valence-electron chi connectivity index (χ0n) is 36.5. The number of H-pyrrole nitrogens is 1. The van der Waals surface area contributed by atoms with Crippen molar-refractivity contribution in [1.29, 1.82) is 0 Å². The van der Waals surface area contributed by atoms with Gasteiger partial charge in [-0.15, -0.1) is 0 Å². The molecule has 0 unspecified atom stereocenters. The number of ether oxygens (including phenoxy) is 3. The van der Waals surface area contributed by atoms with Crippen molar-refractivity contribution in [2.75, 3.05) is 27.4 Å². The van der Waals surface area contributed by atoms with Gasteiger partial charge >= 0.3 is 12.2 Å². The third-order valence-electron chi connectivity index (χ3n) is 14.4. The molecule has 2 aliphatic carbocycles. The highest BCUT2D eigenvalue weighted by molar-refractivity contribution is 6.35. The van der Waals surface area contributed by atoms with Crippen molar-refractivity contribution in [2.45, 2.75) is 95.0 Å². The number of rotatable bonds is 11. The summed E-state index contributed by atoms with van der Waals surface area (Å²) in [6.07, 6.45) is 6.18. The van der Waals surface area contributed by atoms with E-state index in [0.29, 0.717) is 49.5 Å². The number of carbonyl (C=O) groups excluding carboxylic acids is 4. The van der Waals surface area contributed by atoms with Crippen molar-refractivity contribution >= 4 is 57.7 Å². The molecule has 14 nitrogen and oxygen atoms in total. The number of amides is 4. The molecule has 6 aliphatic rings. The summed E-state index contributed by atoms with van der Waals surface area (Å²) in [6.45, 7) is 4.96. The zero-order valence-corrected chi connectivity index (χ0v) is 37.3. The summed E-state index contributed by atoms with van der Waals surface area (Å²) in [5.74, 6) is 1.32. The van der Waals surface area contributed by atoms with Crippen LogP contribution >= 0.6 is 11.6 Å². The molecular formula is C49H54ClN7O7. The van der Waals surface area contributed by atoms with Gasteiger partial charge in [0.25, 0.3) is 0 Å². The number of piperidine rings is 2. The first-order chi connectivity index (χ1) is 31.0. The number of allylic oxidation sites excluding steroid dienone is 1. The number of fused-ring (bicyclic) bond motifs is 3. The van der Waals surface area contributed by atoms with Crippen LogP contribution in [0.4, 0.5) is 9.59 Å². The van der Waals surface area contributed by atoms with Crippen molar-refractivity contribution < 1.29 is 33.4 Å². The van der Waals surface area contributed by atoms with Crippen molar-refractivity contribution in [1.82, 2.24) is 30.4 Å². The van der Waals surface area contributed by atoms with Crippen molar-refractivity contribution in [3.05, 3.63) is 83.4 Å². The largest absolute Gasteiger partial charge is 0.453 e. The summed E-state index contributed by atoms with van der Waals surface area (Å²) in [6, 6.07) is 19.8. The Hall–Kier alpha value is -5.73. The van der Waals surface area contributed by atoms with E-state index in [1.807, 2.05) is 29.8 Å². The lowest BCUT2D eigenvalue weighted by molar-refractivity contribution is -0.137. The third kappa shape index (κ3) is 7.93. The van der Waals surface area contributed by atoms with Gasteiger partial charge in [-0.05, 0) is 107 Å². The Kier molecular flexibility index (Phi) is 11.2. The lowest BCUT2D eigenvalue weighted by Gasteiger charge is -2.36. The Morgan fingerprint density at radius 3 is 2.03 bits per heavy atom. The summed E-state index contributed by atoms with van der Waals surface area (Å²) < 4.78 is 15.3. The smallest absolute Gasteiger partial charge is 0.407 e. The minimum Gasteiger partial charge on any atom is -0.453 e. The number of hydrogen-bond acceptors (Lipinski definition) is 9. The van der Waals surface area contributed by atoms with E-state index >= 15 is 0 Å². The number of likely N-dealkylation sites (tertiary alicyclic amines) is 2. The number of aromatic nitrogens is 2. The number of imidazole rings is 1. The molecule has 2 saturated carbocycles. The van der Waals surface area contributed by atoms with E-state index in [4.69, 9.17) is 35.8 Å². The van der Waals surface area contributed by atoms with E-state index in [1.54, 1.807) is 0 Å². The van der Waals surface area contributed by atoms with Crippen LogP contribution in [0.1, 0.15) is 76.2 Å². The summed E-state index contributed by atoms with van der Waals surface area (Å²) in [7, 11) is 2.62. The van der Waals surface area contributed by atoms with Crippen LogP contribution < -0.4 is 10.6 Å². The summed E-state index contributed by atoms with van der Waals surface area (Å²) in [5.41, 5.74) is 6.87. The van der Waals surface area contributed by atoms with Crippen LogP contribution in [0.5, 0.6) is 0 Å². The number of carbonyl (C=O) groups is 4. The van der Waals surface area contributed by atoms with Crippen LogP contribution in [0.25, 0.3) is 38.7 Å². The van der Waals surface area contributed by atoms with Gasteiger partial charge in [-0.2, -0.15) is 0 Å². The van der Waals surface area contributed by atoms with Gasteiger partial charge < -0.3 is 39.6 Å². The monoisotopic (exact) mass is 887 g/mol. The van der Waals surface area contributed by atoms with E-state index < -0.39 is 24.3 Å². The summed E-state index contributed by atoms with van der Waals surface area (Å²) >= 11 is 6.91. The molecule has 4 amide bonds. The molecular weight excluding hydrogens is 834 g/mol. The molecule has 4 aromatic rings. The second kappa shape index (κ2) is 17.0. The highest BCUT2D eigenvalue weighted by Crippen LogP contribution is 2.54. The quantitative estimate of drug-likeness (QED) is 0.128. The SMILES string of the molecule is COC(=O)N[C@H](C(=O)N1[C@@H]2C[C@@H]2C[C@H]1c1ncc(-c2ccc(-c3ccc4cc(C5=C(Cl)N=C([C@@H]6C[C@H]7C[C@H]7N6C(=O)[C@@H](NC(=O)OC)C6CCOCC6)C5)ccc4c3)cc2)[nH]1)C(C)C. The fourth-order valence-corrected chi connectivity index (χ4v) is 11.0. The number of aliphatic imine (C=N–C) groups is 1. The molecule has 4 aliphatic heterocycles. The number of benzene rings is 3. The topological polar surface area (TPSA) is 168 Å². The normalized spacial score (nSPS) is 25.8. The lowest BCUT2D eigenvalue weighted by atomic mass is 9.90. The molecule has 0 spiro atoms. The molecule has 0 bridgehead atoms. The predicted octanol–water partition coefficient (Wildman–Crippen LogP) is 7.83. The van der Waals surface area contributed by atoms with Crippen molar-refractivity contribution in [2.24, 2.45) is 28.7 Å². The van der Waals surface area contributed by atoms with Gasteiger partial charge in [0.05, 0.1) is 38.2 Å². The minimum atomic E-state index is -0.682. The number of aromatic amines is 1. The van der Waals surface area contributed by atoms with E-state index in [-0.39, 0.29) is 47.8 Å². The Balaban J connectivity index is 0.809. The number of methoxy groups -OCH3 is 2. The molecule has 334 valence electrons. The van der Waals surface area contributed by atoms with Gasteiger partial charge in [-0.3, -0.25) is 9.59 Å². The average Bonchev–Trinajstić information content (AvgIpc) is 3.96. The van der Waals surface area contributed by atoms with E-state index in [2.05, 4.69) is 76.3 Å². The van der Waals surface area contributed by atoms with Crippen LogP contribution in [0.3, 0.4) is 0 Å². The van der Waals surface area contributed by atoms with Gasteiger partial charge in [0, 0.05) is 43.0 Å². The molecule has 8 atom stereocenters. The number of nitrogens with one attached hydrogen (secondary N) is 3. The first kappa shape index (κ1) is 42.2. The summed E-state index contributed by atoms with van der Waals surface area (Å²) in [4.78, 5) is 69.7. The summed E-state index contributed by atoms with van der Waals surface area (Å²) in [5, 5.41) is 8.24. The molecule has 1 aromatic heterocycles. The van der Waals surface area contributed by atoms with Crippen molar-refractivity contribution in [3.8, 4) is 22.4 Å². The Morgan fingerprint density at radius 1 is 0.766 bits per heavy atom. The van der Waals surface area contributed by atoms with Crippen LogP contribution in [0.15, 0.2) is 77.0 Å². The second-order valence-corrected chi connectivity index (χ2v) is 19.0. The van der Waals surface area contributed by atoms with Gasteiger partial charge in [-0.25, -0.2) is 19.6 Å². The molecule has 3 saturated heterocycles. The fourth-order valence-electron chi connectivity index (χ4n) is 10.7. The minimum absolute atomic E-state index is 0.0292. The number of alkyl carbamates (subject to hydrolysis) is 2. The van der Waals surface area contributed by atoms with Gasteiger partial charge in [0.2, 0.25) is 11.8 Å². The van der Waals surface area contributed by atoms with Crippen LogP contribution in [0, 0.1) is 23.7 Å². The van der Waals surface area contributed by atoms with Crippen LogP contribution in [-0.4, -0.2) is 107 Å². The maximum absolute atomic E-state index is 14.3. The Bertz CT molecular complexity index is 2570. The molecule has 3 N–H and O–H groups in total. The number of hydrogen-bond donors (Lipinski definition) is 3. The fraction of sp³-hybridized carbons (Fsp3) is 0.469. The van der Waals surface area contributed by atoms with E-state index in [9.17, 15) is 19.2 Å². The number of nitrogens with zero attached hydrogens (tertiary/aromatic N) is 4. The highest BCUT2D eigenvalue weighted by atomic mass is 35.5. The third-order valence-corrected chi connectivity index (χ3v) is 14.7. The van der Waals surface area contributed by atoms with Gasteiger partial charge in [0.1, 0.15) is 23.1 Å². The Morgan fingerprint density at radius 2 is 1.36 bits per heavy atom. The molecule has 5 heterocycles. The van der Waals surface area contributed by atoms with E-state index in [1.165, 1.54) is 14.2 Å². The molecule has 64 heavy (non-hydrogen) atoms. The molecule has 15 heteroatoms. The van der Waals surface area contributed by atoms with Gasteiger partial charge in [0.15, 0.2) is 0 Å². The standard InChI is InChI=1S/C49H54ClN7O7/c1-25(2)42(54-48(60)62-3)46(58)57-39-20-34(39)22-41(57)45-51-24-37(53-45)27-7-5-26(6-8-27)29-9-10-31-18-32(12-11-30(31)17-29)35-23-36(52-44(35)50)40-21-33-19-38(33)56(40)47(59)43(55-49(61)63-4)28-13-15-64-16-14-28/h5-12,17-18,24-25,28,33-34,38-43H,13-16,19-23H2,1-4H3,(H,51,53)(H,54,60)(H,55,61)/t33-,34-,38-,39-,40+,41+,42+,43+/m1/s1. The van der Waals surface area contributed by atoms with Crippen molar-refractivity contribution in [3.63, 3.8) is 0 Å². The predicted molar refractivity (Wildman–Crippen MR) is 242 cm³/mol. The van der Waals surface area contributed by atoms with Gasteiger partial charge in [-0.1, -0.05) is 74.0 Å².